The van der Waals surface area contributed by atoms with E-state index in [0.717, 1.165) is 6.07 Å². The first kappa shape index (κ1) is 10.0. The molecule has 14 heavy (non-hydrogen) atoms. The van der Waals surface area contributed by atoms with E-state index in [0.29, 0.717) is 0 Å². The SMILES string of the molecule is N#Cc1c(C(F)(F)F)[nH]c(=O)[nH]c1=O. The zero-order valence-corrected chi connectivity index (χ0v) is 6.40. The van der Waals surface area contributed by atoms with Crippen LogP contribution in [0.1, 0.15) is 11.3 Å². The number of nitrogens with zero attached hydrogens (tertiary/aromatic N) is 1. The molecule has 1 aromatic rings. The lowest BCUT2D eigenvalue weighted by molar-refractivity contribution is -0.141. The fourth-order valence-corrected chi connectivity index (χ4v) is 0.806. The van der Waals surface area contributed by atoms with Crippen LogP contribution in [0.25, 0.3) is 0 Å². The minimum atomic E-state index is -4.93. The van der Waals surface area contributed by atoms with Gasteiger partial charge in [0.1, 0.15) is 17.3 Å². The summed E-state index contributed by atoms with van der Waals surface area (Å²) < 4.78 is 36.4. The Labute approximate surface area is 73.8 Å². The molecule has 0 saturated heterocycles. The standard InChI is InChI=1S/C6H2F3N3O2/c7-6(8,9)3-2(1-10)4(13)12-5(14)11-3/h(H2,11,12,13,14). The quantitative estimate of drug-likeness (QED) is 0.622. The van der Waals surface area contributed by atoms with Gasteiger partial charge in [0.2, 0.25) is 0 Å². The average molecular weight is 205 g/mol. The van der Waals surface area contributed by atoms with E-state index >= 15 is 0 Å². The van der Waals surface area contributed by atoms with Gasteiger partial charge in [-0.15, -0.1) is 0 Å². The fourth-order valence-electron chi connectivity index (χ4n) is 0.806. The third-order valence-electron chi connectivity index (χ3n) is 1.34. The van der Waals surface area contributed by atoms with E-state index in [1.807, 2.05) is 0 Å². The molecule has 1 heterocycles. The van der Waals surface area contributed by atoms with E-state index in [4.69, 9.17) is 5.26 Å². The van der Waals surface area contributed by atoms with Crippen LogP contribution in [0.5, 0.6) is 0 Å². The molecule has 0 fully saturated rings. The van der Waals surface area contributed by atoms with E-state index in [9.17, 15) is 22.8 Å². The molecule has 0 amide bonds. The minimum absolute atomic E-state index is 1.06. The van der Waals surface area contributed by atoms with Gasteiger partial charge in [-0.3, -0.25) is 9.78 Å². The first-order chi connectivity index (χ1) is 6.36. The van der Waals surface area contributed by atoms with Crippen LogP contribution < -0.4 is 11.2 Å². The summed E-state index contributed by atoms with van der Waals surface area (Å²) in [6.45, 7) is 0. The Kier molecular flexibility index (Phi) is 2.17. The van der Waals surface area contributed by atoms with Gasteiger partial charge < -0.3 is 4.98 Å². The van der Waals surface area contributed by atoms with Crippen molar-refractivity contribution in [3.63, 3.8) is 0 Å². The predicted molar refractivity (Wildman–Crippen MR) is 37.4 cm³/mol. The normalized spacial score (nSPS) is 11.0. The number of hydrogen-bond donors (Lipinski definition) is 2. The molecule has 0 radical (unpaired) electrons. The molecule has 8 heteroatoms. The van der Waals surface area contributed by atoms with Gasteiger partial charge in [-0.05, 0) is 0 Å². The maximum Gasteiger partial charge on any atom is 0.432 e. The van der Waals surface area contributed by atoms with Crippen LogP contribution in [0.15, 0.2) is 9.59 Å². The highest BCUT2D eigenvalue weighted by Gasteiger charge is 2.36. The Balaban J connectivity index is 3.68. The Morgan fingerprint density at radius 2 is 1.79 bits per heavy atom. The lowest BCUT2D eigenvalue weighted by atomic mass is 10.2. The molecule has 0 spiro atoms. The number of aromatic amines is 2. The third-order valence-corrected chi connectivity index (χ3v) is 1.34. The first-order valence-electron chi connectivity index (χ1n) is 3.20. The number of nitrogens with one attached hydrogen (secondary N) is 2. The lowest BCUT2D eigenvalue weighted by Gasteiger charge is -2.05. The van der Waals surface area contributed by atoms with Crippen LogP contribution in [0.2, 0.25) is 0 Å². The van der Waals surface area contributed by atoms with E-state index in [1.165, 1.54) is 9.97 Å². The molecule has 0 aliphatic carbocycles. The molecular weight excluding hydrogens is 203 g/mol. The molecule has 0 saturated carbocycles. The topological polar surface area (TPSA) is 89.5 Å². The fraction of sp³-hybridized carbons (Fsp3) is 0.167. The Hall–Kier alpha value is -2.04. The highest BCUT2D eigenvalue weighted by atomic mass is 19.4. The van der Waals surface area contributed by atoms with Crippen LogP contribution in [0.3, 0.4) is 0 Å². The summed E-state index contributed by atoms with van der Waals surface area (Å²) in [7, 11) is 0. The summed E-state index contributed by atoms with van der Waals surface area (Å²) in [5.74, 6) is 0. The summed E-state index contributed by atoms with van der Waals surface area (Å²) in [6, 6.07) is 1.06. The van der Waals surface area contributed by atoms with E-state index < -0.39 is 28.7 Å². The number of alkyl halides is 3. The van der Waals surface area contributed by atoms with Gasteiger partial charge in [0, 0.05) is 0 Å². The summed E-state index contributed by atoms with van der Waals surface area (Å²) in [4.78, 5) is 24.1. The zero-order chi connectivity index (χ0) is 10.9. The molecule has 0 atom stereocenters. The monoisotopic (exact) mass is 205 g/mol. The molecule has 0 aliphatic rings. The molecule has 2 N–H and O–H groups in total. The lowest BCUT2D eigenvalue weighted by Crippen LogP contribution is -2.30. The maximum absolute atomic E-state index is 12.1. The Morgan fingerprint density at radius 1 is 1.21 bits per heavy atom. The van der Waals surface area contributed by atoms with Crippen LogP contribution in [-0.2, 0) is 6.18 Å². The third kappa shape index (κ3) is 1.66. The Morgan fingerprint density at radius 3 is 2.21 bits per heavy atom. The summed E-state index contributed by atoms with van der Waals surface area (Å²) in [6.07, 6.45) is -4.93. The van der Waals surface area contributed by atoms with Gasteiger partial charge in [-0.25, -0.2) is 4.79 Å². The highest BCUT2D eigenvalue weighted by Crippen LogP contribution is 2.27. The molecule has 0 bridgehead atoms. The van der Waals surface area contributed by atoms with Crippen LogP contribution in [-0.4, -0.2) is 9.97 Å². The summed E-state index contributed by atoms with van der Waals surface area (Å²) >= 11 is 0. The van der Waals surface area contributed by atoms with E-state index in [1.54, 1.807) is 0 Å². The molecule has 74 valence electrons. The van der Waals surface area contributed by atoms with Crippen LogP contribution in [0.4, 0.5) is 13.2 Å². The number of halogens is 3. The van der Waals surface area contributed by atoms with Crippen molar-refractivity contribution >= 4 is 0 Å². The second-order valence-corrected chi connectivity index (χ2v) is 2.27. The number of rotatable bonds is 0. The smallest absolute Gasteiger partial charge is 0.302 e. The second-order valence-electron chi connectivity index (χ2n) is 2.27. The number of hydrogen-bond acceptors (Lipinski definition) is 3. The first-order valence-corrected chi connectivity index (χ1v) is 3.20. The van der Waals surface area contributed by atoms with E-state index in [-0.39, 0.29) is 0 Å². The van der Waals surface area contributed by atoms with Crippen molar-refractivity contribution in [2.75, 3.05) is 0 Å². The van der Waals surface area contributed by atoms with Gasteiger partial charge in [-0.2, -0.15) is 18.4 Å². The van der Waals surface area contributed by atoms with Gasteiger partial charge in [0.25, 0.3) is 5.56 Å². The van der Waals surface area contributed by atoms with Crippen molar-refractivity contribution in [1.82, 2.24) is 9.97 Å². The van der Waals surface area contributed by atoms with Crippen LogP contribution >= 0.6 is 0 Å². The van der Waals surface area contributed by atoms with Crippen molar-refractivity contribution in [1.29, 1.82) is 5.26 Å². The number of aromatic nitrogens is 2. The van der Waals surface area contributed by atoms with Crippen molar-refractivity contribution in [2.24, 2.45) is 0 Å². The van der Waals surface area contributed by atoms with Gasteiger partial charge >= 0.3 is 11.9 Å². The molecule has 0 aliphatic heterocycles. The molecule has 0 aromatic carbocycles. The summed E-state index contributed by atoms with van der Waals surface area (Å²) in [5, 5.41) is 8.26. The minimum Gasteiger partial charge on any atom is -0.302 e. The molecule has 1 rings (SSSR count). The molecule has 5 nitrogen and oxygen atoms in total. The number of H-pyrrole nitrogens is 2. The predicted octanol–water partition coefficient (Wildman–Crippen LogP) is -0.0463. The molecular formula is C6H2F3N3O2. The van der Waals surface area contributed by atoms with Gasteiger partial charge in [0.15, 0.2) is 0 Å². The summed E-state index contributed by atoms with van der Waals surface area (Å²) in [5.41, 5.74) is -5.45. The van der Waals surface area contributed by atoms with Crippen molar-refractivity contribution in [3.8, 4) is 6.07 Å². The highest BCUT2D eigenvalue weighted by molar-refractivity contribution is 5.31. The van der Waals surface area contributed by atoms with E-state index in [2.05, 4.69) is 0 Å². The largest absolute Gasteiger partial charge is 0.432 e. The van der Waals surface area contributed by atoms with Gasteiger partial charge in [-0.1, -0.05) is 0 Å². The van der Waals surface area contributed by atoms with Crippen molar-refractivity contribution < 1.29 is 13.2 Å². The van der Waals surface area contributed by atoms with Gasteiger partial charge in [0.05, 0.1) is 0 Å². The second kappa shape index (κ2) is 3.02. The molecule has 1 aromatic heterocycles. The zero-order valence-electron chi connectivity index (χ0n) is 6.40. The maximum atomic E-state index is 12.1. The van der Waals surface area contributed by atoms with Crippen molar-refractivity contribution in [3.05, 3.63) is 32.1 Å². The Bertz CT molecular complexity index is 505. The average Bonchev–Trinajstić information content (AvgIpc) is 2.01. The van der Waals surface area contributed by atoms with Crippen molar-refractivity contribution in [2.45, 2.75) is 6.18 Å². The molecule has 0 unspecified atom stereocenters. The number of nitriles is 1. The van der Waals surface area contributed by atoms with Crippen LogP contribution in [0, 0.1) is 11.3 Å².